The normalized spacial score (nSPS) is 14.2. The Bertz CT molecular complexity index is 909. The van der Waals surface area contributed by atoms with Crippen molar-refractivity contribution in [3.05, 3.63) is 53.6 Å². The van der Waals surface area contributed by atoms with Gasteiger partial charge in [0.1, 0.15) is 5.75 Å². The topological polar surface area (TPSA) is 59.8 Å². The molecular formula is C25H32N4O2. The van der Waals surface area contributed by atoms with Gasteiger partial charge in [-0.05, 0) is 56.2 Å². The Balaban J connectivity index is 1.64. The van der Waals surface area contributed by atoms with Crippen LogP contribution in [0.1, 0.15) is 24.5 Å². The first-order chi connectivity index (χ1) is 15.0. The highest BCUT2D eigenvalue weighted by molar-refractivity contribution is 5.95. The molecule has 0 atom stereocenters. The van der Waals surface area contributed by atoms with Crippen molar-refractivity contribution in [3.8, 4) is 11.8 Å². The number of aryl methyl sites for hydroxylation is 2. The zero-order chi connectivity index (χ0) is 22.2. The standard InChI is InChI=1S/C25H32N4O2/c1-4-31-24-9-6-5-8-23(24)28-14-12-27(13-15-28)19-25(30)29(11-7-10-26)22-17-20(2)16-21(3)18-22/h5-6,8-9,16-18H,4,7,11-15,19H2,1-3H3. The second kappa shape index (κ2) is 10.8. The van der Waals surface area contributed by atoms with Gasteiger partial charge < -0.3 is 14.5 Å². The maximum Gasteiger partial charge on any atom is 0.241 e. The molecule has 0 spiro atoms. The molecule has 0 saturated carbocycles. The smallest absolute Gasteiger partial charge is 0.241 e. The molecule has 0 bridgehead atoms. The average molecular weight is 421 g/mol. The van der Waals surface area contributed by atoms with Gasteiger partial charge in [0.2, 0.25) is 5.91 Å². The zero-order valence-corrected chi connectivity index (χ0v) is 18.8. The number of rotatable bonds is 8. The summed E-state index contributed by atoms with van der Waals surface area (Å²) >= 11 is 0. The van der Waals surface area contributed by atoms with Crippen molar-refractivity contribution in [2.75, 3.05) is 55.7 Å². The first kappa shape index (κ1) is 22.6. The van der Waals surface area contributed by atoms with Crippen molar-refractivity contribution < 1.29 is 9.53 Å². The predicted molar refractivity (Wildman–Crippen MR) is 125 cm³/mol. The Hall–Kier alpha value is -3.04. The van der Waals surface area contributed by atoms with E-state index < -0.39 is 0 Å². The number of carbonyl (C=O) groups excluding carboxylic acids is 1. The molecule has 164 valence electrons. The highest BCUT2D eigenvalue weighted by Gasteiger charge is 2.24. The zero-order valence-electron chi connectivity index (χ0n) is 18.8. The van der Waals surface area contributed by atoms with E-state index >= 15 is 0 Å². The summed E-state index contributed by atoms with van der Waals surface area (Å²) < 4.78 is 5.78. The van der Waals surface area contributed by atoms with Crippen LogP contribution in [0.5, 0.6) is 5.75 Å². The molecule has 1 saturated heterocycles. The third kappa shape index (κ3) is 5.99. The minimum absolute atomic E-state index is 0.0448. The number of para-hydroxylation sites is 2. The third-order valence-electron chi connectivity index (χ3n) is 5.50. The van der Waals surface area contributed by atoms with Crippen LogP contribution in [0.15, 0.2) is 42.5 Å². The second-order valence-electron chi connectivity index (χ2n) is 7.96. The molecule has 0 N–H and O–H groups in total. The first-order valence-electron chi connectivity index (χ1n) is 11.0. The van der Waals surface area contributed by atoms with E-state index in [-0.39, 0.29) is 5.91 Å². The predicted octanol–water partition coefficient (Wildman–Crippen LogP) is 3.77. The van der Waals surface area contributed by atoms with E-state index in [2.05, 4.69) is 28.0 Å². The van der Waals surface area contributed by atoms with Crippen molar-refractivity contribution in [1.29, 1.82) is 5.26 Å². The number of piperazine rings is 1. The number of hydrogen-bond acceptors (Lipinski definition) is 5. The minimum Gasteiger partial charge on any atom is -0.492 e. The van der Waals surface area contributed by atoms with E-state index in [0.29, 0.717) is 26.1 Å². The van der Waals surface area contributed by atoms with Gasteiger partial charge in [0.05, 0.1) is 31.3 Å². The van der Waals surface area contributed by atoms with Crippen molar-refractivity contribution in [2.45, 2.75) is 27.2 Å². The number of benzene rings is 2. The van der Waals surface area contributed by atoms with Crippen LogP contribution >= 0.6 is 0 Å². The van der Waals surface area contributed by atoms with E-state index in [4.69, 9.17) is 10.00 Å². The molecular weight excluding hydrogens is 388 g/mol. The fourth-order valence-corrected chi connectivity index (χ4v) is 4.09. The van der Waals surface area contributed by atoms with Crippen LogP contribution in [0.25, 0.3) is 0 Å². The molecule has 2 aromatic rings. The molecule has 1 aliphatic rings. The second-order valence-corrected chi connectivity index (χ2v) is 7.96. The largest absolute Gasteiger partial charge is 0.492 e. The van der Waals surface area contributed by atoms with Gasteiger partial charge in [0, 0.05) is 38.4 Å². The van der Waals surface area contributed by atoms with Gasteiger partial charge in [0.25, 0.3) is 0 Å². The van der Waals surface area contributed by atoms with Crippen LogP contribution in [0.2, 0.25) is 0 Å². The van der Waals surface area contributed by atoms with Gasteiger partial charge in [0.15, 0.2) is 0 Å². The third-order valence-corrected chi connectivity index (χ3v) is 5.50. The SMILES string of the molecule is CCOc1ccccc1N1CCN(CC(=O)N(CCC#N)c2cc(C)cc(C)c2)CC1. The monoisotopic (exact) mass is 420 g/mol. The van der Waals surface area contributed by atoms with E-state index in [1.165, 1.54) is 0 Å². The van der Waals surface area contributed by atoms with Crippen LogP contribution in [0.3, 0.4) is 0 Å². The lowest BCUT2D eigenvalue weighted by Gasteiger charge is -2.37. The molecule has 3 rings (SSSR count). The molecule has 2 aromatic carbocycles. The van der Waals surface area contributed by atoms with E-state index in [1.807, 2.05) is 51.1 Å². The number of hydrogen-bond donors (Lipinski definition) is 0. The lowest BCUT2D eigenvalue weighted by molar-refractivity contribution is -0.119. The molecule has 6 nitrogen and oxygen atoms in total. The van der Waals surface area contributed by atoms with Crippen LogP contribution in [0, 0.1) is 25.2 Å². The van der Waals surface area contributed by atoms with E-state index in [1.54, 1.807) is 4.90 Å². The molecule has 0 unspecified atom stereocenters. The van der Waals surface area contributed by atoms with Crippen LogP contribution in [0.4, 0.5) is 11.4 Å². The summed E-state index contributed by atoms with van der Waals surface area (Å²) in [6.45, 7) is 10.8. The Kier molecular flexibility index (Phi) is 7.91. The van der Waals surface area contributed by atoms with Gasteiger partial charge >= 0.3 is 0 Å². The summed E-state index contributed by atoms with van der Waals surface area (Å²) in [7, 11) is 0. The molecule has 0 radical (unpaired) electrons. The summed E-state index contributed by atoms with van der Waals surface area (Å²) in [6, 6.07) is 16.4. The van der Waals surface area contributed by atoms with Gasteiger partial charge in [-0.15, -0.1) is 0 Å². The van der Waals surface area contributed by atoms with Crippen LogP contribution in [-0.2, 0) is 4.79 Å². The number of nitrogens with zero attached hydrogens (tertiary/aromatic N) is 4. The summed E-state index contributed by atoms with van der Waals surface area (Å²) in [6.07, 6.45) is 0.320. The lowest BCUT2D eigenvalue weighted by Crippen LogP contribution is -2.50. The summed E-state index contributed by atoms with van der Waals surface area (Å²) in [4.78, 5) is 19.5. The average Bonchev–Trinajstić information content (AvgIpc) is 2.75. The highest BCUT2D eigenvalue weighted by atomic mass is 16.5. The Labute approximate surface area is 185 Å². The molecule has 1 heterocycles. The number of carbonyl (C=O) groups is 1. The Morgan fingerprint density at radius 3 is 2.42 bits per heavy atom. The van der Waals surface area contributed by atoms with E-state index in [0.717, 1.165) is 54.4 Å². The van der Waals surface area contributed by atoms with Crippen LogP contribution < -0.4 is 14.5 Å². The quantitative estimate of drug-likeness (QED) is 0.651. The summed E-state index contributed by atoms with van der Waals surface area (Å²) in [5, 5.41) is 9.06. The molecule has 0 aromatic heterocycles. The fourth-order valence-electron chi connectivity index (χ4n) is 4.09. The maximum absolute atomic E-state index is 13.2. The molecule has 1 aliphatic heterocycles. The molecule has 31 heavy (non-hydrogen) atoms. The molecule has 1 amide bonds. The van der Waals surface area contributed by atoms with Gasteiger partial charge in [-0.1, -0.05) is 18.2 Å². The Morgan fingerprint density at radius 1 is 1.10 bits per heavy atom. The lowest BCUT2D eigenvalue weighted by atomic mass is 10.1. The van der Waals surface area contributed by atoms with Crippen LogP contribution in [-0.4, -0.2) is 56.7 Å². The number of ether oxygens (including phenoxy) is 1. The number of nitriles is 1. The van der Waals surface area contributed by atoms with Gasteiger partial charge in [-0.3, -0.25) is 9.69 Å². The minimum atomic E-state index is 0.0448. The summed E-state index contributed by atoms with van der Waals surface area (Å²) in [5.74, 6) is 0.954. The number of amides is 1. The number of anilines is 2. The maximum atomic E-state index is 13.2. The first-order valence-corrected chi connectivity index (χ1v) is 11.0. The van der Waals surface area contributed by atoms with Gasteiger partial charge in [-0.25, -0.2) is 0 Å². The molecule has 6 heteroatoms. The summed E-state index contributed by atoms with van der Waals surface area (Å²) in [5.41, 5.74) is 4.22. The van der Waals surface area contributed by atoms with Crippen molar-refractivity contribution in [2.24, 2.45) is 0 Å². The fraction of sp³-hybridized carbons (Fsp3) is 0.440. The Morgan fingerprint density at radius 2 is 1.77 bits per heavy atom. The van der Waals surface area contributed by atoms with E-state index in [9.17, 15) is 4.79 Å². The molecule has 0 aliphatic carbocycles. The van der Waals surface area contributed by atoms with Gasteiger partial charge in [-0.2, -0.15) is 5.26 Å². The van der Waals surface area contributed by atoms with Crippen molar-refractivity contribution in [1.82, 2.24) is 4.90 Å². The van der Waals surface area contributed by atoms with Crippen molar-refractivity contribution >= 4 is 17.3 Å². The van der Waals surface area contributed by atoms with Crippen molar-refractivity contribution in [3.63, 3.8) is 0 Å². The molecule has 1 fully saturated rings. The highest BCUT2D eigenvalue weighted by Crippen LogP contribution is 2.29.